The molecule has 0 aliphatic carbocycles. The number of aryl methyl sites for hydroxylation is 1. The SMILES string of the molecule is CCCCNC(=O)c1[nH]c2ccc(C)cc2c1NC(=O)c1ccc(Cl)cc1. The molecule has 6 heteroatoms. The van der Waals surface area contributed by atoms with Crippen LogP contribution in [0.5, 0.6) is 0 Å². The summed E-state index contributed by atoms with van der Waals surface area (Å²) < 4.78 is 0. The zero-order chi connectivity index (χ0) is 19.4. The third-order valence-corrected chi connectivity index (χ3v) is 4.59. The van der Waals surface area contributed by atoms with E-state index in [1.165, 1.54) is 0 Å². The zero-order valence-electron chi connectivity index (χ0n) is 15.4. The summed E-state index contributed by atoms with van der Waals surface area (Å²) >= 11 is 5.89. The van der Waals surface area contributed by atoms with Gasteiger partial charge in [0.2, 0.25) is 0 Å². The number of benzene rings is 2. The topological polar surface area (TPSA) is 74.0 Å². The highest BCUT2D eigenvalue weighted by molar-refractivity contribution is 6.30. The van der Waals surface area contributed by atoms with Crippen LogP contribution in [0.3, 0.4) is 0 Å². The van der Waals surface area contributed by atoms with Crippen molar-refractivity contribution in [1.29, 1.82) is 0 Å². The van der Waals surface area contributed by atoms with Crippen LogP contribution in [0.15, 0.2) is 42.5 Å². The van der Waals surface area contributed by atoms with Crippen molar-refractivity contribution in [2.24, 2.45) is 0 Å². The van der Waals surface area contributed by atoms with Gasteiger partial charge in [-0.1, -0.05) is 36.6 Å². The summed E-state index contributed by atoms with van der Waals surface area (Å²) in [5, 5.41) is 7.16. The fourth-order valence-corrected chi connectivity index (χ4v) is 2.99. The van der Waals surface area contributed by atoms with Crippen LogP contribution in [0.2, 0.25) is 5.02 Å². The van der Waals surface area contributed by atoms with Gasteiger partial charge in [0.1, 0.15) is 5.69 Å². The van der Waals surface area contributed by atoms with Gasteiger partial charge in [-0.05, 0) is 49.7 Å². The van der Waals surface area contributed by atoms with Gasteiger partial charge in [-0.2, -0.15) is 0 Å². The van der Waals surface area contributed by atoms with Crippen molar-refractivity contribution >= 4 is 40.0 Å². The molecule has 0 aliphatic rings. The van der Waals surface area contributed by atoms with Crippen LogP contribution in [-0.2, 0) is 0 Å². The number of anilines is 1. The molecule has 5 nitrogen and oxygen atoms in total. The average molecular weight is 384 g/mol. The molecular formula is C21H22ClN3O2. The van der Waals surface area contributed by atoms with Crippen molar-refractivity contribution in [1.82, 2.24) is 10.3 Å². The van der Waals surface area contributed by atoms with Gasteiger partial charge < -0.3 is 15.6 Å². The second kappa shape index (κ2) is 8.27. The molecule has 0 saturated heterocycles. The average Bonchev–Trinajstić information content (AvgIpc) is 3.00. The smallest absolute Gasteiger partial charge is 0.269 e. The zero-order valence-corrected chi connectivity index (χ0v) is 16.1. The molecule has 140 valence electrons. The summed E-state index contributed by atoms with van der Waals surface area (Å²) in [7, 11) is 0. The molecule has 0 spiro atoms. The fourth-order valence-electron chi connectivity index (χ4n) is 2.86. The molecule has 0 fully saturated rings. The Morgan fingerprint density at radius 3 is 2.52 bits per heavy atom. The number of halogens is 1. The summed E-state index contributed by atoms with van der Waals surface area (Å²) in [6.45, 7) is 4.63. The summed E-state index contributed by atoms with van der Waals surface area (Å²) in [6.07, 6.45) is 1.89. The summed E-state index contributed by atoms with van der Waals surface area (Å²) in [5.74, 6) is -0.527. The second-order valence-corrected chi connectivity index (χ2v) is 6.93. The van der Waals surface area contributed by atoms with Gasteiger partial charge in [0.15, 0.2) is 0 Å². The van der Waals surface area contributed by atoms with E-state index in [-0.39, 0.29) is 11.8 Å². The van der Waals surface area contributed by atoms with Crippen molar-refractivity contribution in [3.8, 4) is 0 Å². The van der Waals surface area contributed by atoms with Crippen molar-refractivity contribution in [2.75, 3.05) is 11.9 Å². The van der Waals surface area contributed by atoms with Crippen molar-refractivity contribution < 1.29 is 9.59 Å². The number of nitrogens with one attached hydrogen (secondary N) is 3. The highest BCUT2D eigenvalue weighted by Gasteiger charge is 2.20. The van der Waals surface area contributed by atoms with E-state index >= 15 is 0 Å². The first-order chi connectivity index (χ1) is 13.0. The molecule has 3 N–H and O–H groups in total. The highest BCUT2D eigenvalue weighted by atomic mass is 35.5. The Bertz CT molecular complexity index is 977. The minimum atomic E-state index is -0.295. The molecule has 3 aromatic rings. The standard InChI is InChI=1S/C21H22ClN3O2/c1-3-4-11-23-21(27)19-18(16-12-13(2)5-10-17(16)24-19)25-20(26)14-6-8-15(22)9-7-14/h5-10,12,24H,3-4,11H2,1-2H3,(H,23,27)(H,25,26). The van der Waals surface area contributed by atoms with E-state index in [1.807, 2.05) is 25.1 Å². The molecule has 0 aliphatic heterocycles. The van der Waals surface area contributed by atoms with Crippen LogP contribution in [-0.4, -0.2) is 23.3 Å². The van der Waals surface area contributed by atoms with E-state index in [9.17, 15) is 9.59 Å². The van der Waals surface area contributed by atoms with E-state index in [4.69, 9.17) is 11.6 Å². The van der Waals surface area contributed by atoms with E-state index in [0.717, 1.165) is 29.3 Å². The number of fused-ring (bicyclic) bond motifs is 1. The monoisotopic (exact) mass is 383 g/mol. The maximum absolute atomic E-state index is 12.7. The molecule has 0 unspecified atom stereocenters. The Labute approximate surface area is 163 Å². The van der Waals surface area contributed by atoms with E-state index in [0.29, 0.717) is 28.5 Å². The molecule has 1 heterocycles. The predicted octanol–water partition coefficient (Wildman–Crippen LogP) is 4.91. The quantitative estimate of drug-likeness (QED) is 0.529. The van der Waals surface area contributed by atoms with Crippen LogP contribution in [0, 0.1) is 6.92 Å². The van der Waals surface area contributed by atoms with Crippen molar-refractivity contribution in [2.45, 2.75) is 26.7 Å². The number of amides is 2. The number of unbranched alkanes of at least 4 members (excludes halogenated alkanes) is 1. The number of rotatable bonds is 6. The van der Waals surface area contributed by atoms with Gasteiger partial charge >= 0.3 is 0 Å². The van der Waals surface area contributed by atoms with Gasteiger partial charge in [0.25, 0.3) is 11.8 Å². The van der Waals surface area contributed by atoms with Gasteiger partial charge in [0.05, 0.1) is 5.69 Å². The minimum Gasteiger partial charge on any atom is -0.351 e. The molecule has 0 radical (unpaired) electrons. The number of carbonyl (C=O) groups is 2. The molecule has 1 aromatic heterocycles. The number of hydrogen-bond donors (Lipinski definition) is 3. The predicted molar refractivity (Wildman–Crippen MR) is 110 cm³/mol. The number of aromatic amines is 1. The van der Waals surface area contributed by atoms with E-state index in [1.54, 1.807) is 24.3 Å². The molecule has 0 atom stereocenters. The Morgan fingerprint density at radius 1 is 1.07 bits per heavy atom. The number of H-pyrrole nitrogens is 1. The molecule has 0 saturated carbocycles. The number of aromatic nitrogens is 1. The first-order valence-corrected chi connectivity index (χ1v) is 9.35. The Morgan fingerprint density at radius 2 is 1.81 bits per heavy atom. The van der Waals surface area contributed by atoms with Crippen molar-refractivity contribution in [3.05, 3.63) is 64.3 Å². The minimum absolute atomic E-state index is 0.233. The van der Waals surface area contributed by atoms with E-state index < -0.39 is 0 Å². The maximum Gasteiger partial charge on any atom is 0.269 e. The number of hydrogen-bond acceptors (Lipinski definition) is 2. The van der Waals surface area contributed by atoms with Crippen LogP contribution in [0.1, 0.15) is 46.2 Å². The lowest BCUT2D eigenvalue weighted by Gasteiger charge is -2.09. The van der Waals surface area contributed by atoms with Gasteiger partial charge in [-0.3, -0.25) is 9.59 Å². The molecular weight excluding hydrogens is 362 g/mol. The van der Waals surface area contributed by atoms with Crippen LogP contribution < -0.4 is 10.6 Å². The summed E-state index contributed by atoms with van der Waals surface area (Å²) in [5.41, 5.74) is 3.16. The molecule has 2 amide bonds. The molecule has 3 rings (SSSR count). The van der Waals surface area contributed by atoms with Crippen LogP contribution >= 0.6 is 11.6 Å². The Balaban J connectivity index is 1.96. The lowest BCUT2D eigenvalue weighted by atomic mass is 10.1. The molecule has 2 aromatic carbocycles. The third-order valence-electron chi connectivity index (χ3n) is 4.34. The molecule has 27 heavy (non-hydrogen) atoms. The summed E-state index contributed by atoms with van der Waals surface area (Å²) in [4.78, 5) is 28.5. The van der Waals surface area contributed by atoms with Crippen LogP contribution in [0.25, 0.3) is 10.9 Å². The van der Waals surface area contributed by atoms with Gasteiger partial charge in [-0.15, -0.1) is 0 Å². The normalized spacial score (nSPS) is 10.8. The van der Waals surface area contributed by atoms with E-state index in [2.05, 4.69) is 22.5 Å². The Kier molecular flexibility index (Phi) is 5.81. The second-order valence-electron chi connectivity index (χ2n) is 6.49. The number of carbonyl (C=O) groups excluding carboxylic acids is 2. The lowest BCUT2D eigenvalue weighted by molar-refractivity contribution is 0.0950. The van der Waals surface area contributed by atoms with Gasteiger partial charge in [0, 0.05) is 28.0 Å². The largest absolute Gasteiger partial charge is 0.351 e. The lowest BCUT2D eigenvalue weighted by Crippen LogP contribution is -2.26. The Hall–Kier alpha value is -2.79. The van der Waals surface area contributed by atoms with Crippen LogP contribution in [0.4, 0.5) is 5.69 Å². The highest BCUT2D eigenvalue weighted by Crippen LogP contribution is 2.29. The molecule has 0 bridgehead atoms. The van der Waals surface area contributed by atoms with Gasteiger partial charge in [-0.25, -0.2) is 0 Å². The maximum atomic E-state index is 12.7. The third kappa shape index (κ3) is 4.31. The fraction of sp³-hybridized carbons (Fsp3) is 0.238. The first kappa shape index (κ1) is 19.0. The van der Waals surface area contributed by atoms with Crippen molar-refractivity contribution in [3.63, 3.8) is 0 Å². The summed E-state index contributed by atoms with van der Waals surface area (Å²) in [6, 6.07) is 12.4. The first-order valence-electron chi connectivity index (χ1n) is 8.97.